The first-order valence-corrected chi connectivity index (χ1v) is 8.60. The van der Waals surface area contributed by atoms with Crippen LogP contribution in [-0.2, 0) is 13.2 Å². The number of ether oxygens (including phenoxy) is 1. The summed E-state index contributed by atoms with van der Waals surface area (Å²) in [6.45, 7) is 0.291. The van der Waals surface area contributed by atoms with Crippen molar-refractivity contribution in [3.05, 3.63) is 78.0 Å². The van der Waals surface area contributed by atoms with E-state index >= 15 is 0 Å². The van der Waals surface area contributed by atoms with E-state index in [9.17, 15) is 9.18 Å². The molecule has 0 bridgehead atoms. The van der Waals surface area contributed by atoms with Gasteiger partial charge in [0.05, 0.1) is 17.6 Å². The molecule has 8 heteroatoms. The van der Waals surface area contributed by atoms with E-state index in [0.717, 1.165) is 11.0 Å². The van der Waals surface area contributed by atoms with Crippen molar-refractivity contribution in [2.45, 2.75) is 13.2 Å². The molecule has 4 aromatic rings. The standard InChI is InChI=1S/C20H17FN4O3/c1-25(10-18-22-15-7-2-3-8-16(15)23-18)20(26)17-11-28-19(24-17)12-27-14-6-4-5-13(21)9-14/h2-9,11H,10,12H2,1H3,(H,22,23). The van der Waals surface area contributed by atoms with Crippen molar-refractivity contribution in [1.29, 1.82) is 0 Å². The highest BCUT2D eigenvalue weighted by atomic mass is 19.1. The number of rotatable bonds is 6. The molecule has 0 fully saturated rings. The van der Waals surface area contributed by atoms with Crippen LogP contribution in [0.4, 0.5) is 4.39 Å². The Balaban J connectivity index is 1.39. The molecule has 0 atom stereocenters. The Labute approximate surface area is 159 Å². The number of carbonyl (C=O) groups is 1. The monoisotopic (exact) mass is 380 g/mol. The lowest BCUT2D eigenvalue weighted by atomic mass is 10.3. The molecule has 2 aromatic heterocycles. The summed E-state index contributed by atoms with van der Waals surface area (Å²) in [5, 5.41) is 0. The number of oxazole rings is 1. The molecular formula is C20H17FN4O3. The van der Waals surface area contributed by atoms with Crippen LogP contribution in [-0.4, -0.2) is 32.8 Å². The molecule has 0 aliphatic rings. The average Bonchev–Trinajstić information content (AvgIpc) is 3.32. The second-order valence-electron chi connectivity index (χ2n) is 6.23. The molecule has 7 nitrogen and oxygen atoms in total. The molecule has 0 unspecified atom stereocenters. The van der Waals surface area contributed by atoms with Gasteiger partial charge in [0.25, 0.3) is 5.91 Å². The summed E-state index contributed by atoms with van der Waals surface area (Å²) in [5.74, 6) is 0.558. The molecule has 0 aliphatic heterocycles. The molecule has 1 amide bonds. The number of nitrogens with zero attached hydrogens (tertiary/aromatic N) is 3. The van der Waals surface area contributed by atoms with Crippen molar-refractivity contribution in [2.75, 3.05) is 7.05 Å². The number of hydrogen-bond donors (Lipinski definition) is 1. The fourth-order valence-electron chi connectivity index (χ4n) is 2.75. The second kappa shape index (κ2) is 7.51. The molecule has 1 N–H and O–H groups in total. The van der Waals surface area contributed by atoms with Gasteiger partial charge in [-0.25, -0.2) is 14.4 Å². The van der Waals surface area contributed by atoms with Crippen molar-refractivity contribution in [2.24, 2.45) is 0 Å². The third kappa shape index (κ3) is 3.85. The third-order valence-corrected chi connectivity index (χ3v) is 4.10. The molecule has 28 heavy (non-hydrogen) atoms. The zero-order valence-electron chi connectivity index (χ0n) is 15.1. The van der Waals surface area contributed by atoms with Crippen LogP contribution in [0.3, 0.4) is 0 Å². The molecule has 4 rings (SSSR count). The van der Waals surface area contributed by atoms with E-state index in [4.69, 9.17) is 9.15 Å². The van der Waals surface area contributed by atoms with E-state index in [1.54, 1.807) is 19.2 Å². The highest BCUT2D eigenvalue weighted by Gasteiger charge is 2.18. The number of para-hydroxylation sites is 2. The lowest BCUT2D eigenvalue weighted by Crippen LogP contribution is -2.27. The summed E-state index contributed by atoms with van der Waals surface area (Å²) in [4.78, 5) is 25.8. The number of imidazole rings is 1. The summed E-state index contributed by atoms with van der Waals surface area (Å²) in [6, 6.07) is 13.4. The number of amides is 1. The predicted octanol–water partition coefficient (Wildman–Crippen LogP) is 3.54. The van der Waals surface area contributed by atoms with Crippen LogP contribution >= 0.6 is 0 Å². The van der Waals surface area contributed by atoms with Gasteiger partial charge in [0.15, 0.2) is 12.3 Å². The summed E-state index contributed by atoms with van der Waals surface area (Å²) < 4.78 is 23.9. The van der Waals surface area contributed by atoms with Gasteiger partial charge in [-0.05, 0) is 24.3 Å². The quantitative estimate of drug-likeness (QED) is 0.553. The zero-order chi connectivity index (χ0) is 19.5. The van der Waals surface area contributed by atoms with Crippen molar-refractivity contribution < 1.29 is 18.3 Å². The minimum Gasteiger partial charge on any atom is -0.484 e. The van der Waals surface area contributed by atoms with E-state index in [1.165, 1.54) is 23.3 Å². The topological polar surface area (TPSA) is 84.2 Å². The Morgan fingerprint density at radius 3 is 2.89 bits per heavy atom. The predicted molar refractivity (Wildman–Crippen MR) is 99.1 cm³/mol. The highest BCUT2D eigenvalue weighted by molar-refractivity contribution is 5.91. The maximum Gasteiger partial charge on any atom is 0.275 e. The number of H-pyrrole nitrogens is 1. The van der Waals surface area contributed by atoms with Crippen molar-refractivity contribution in [3.63, 3.8) is 0 Å². The zero-order valence-corrected chi connectivity index (χ0v) is 15.1. The first kappa shape index (κ1) is 17.7. The Morgan fingerprint density at radius 2 is 2.07 bits per heavy atom. The van der Waals surface area contributed by atoms with Gasteiger partial charge in [-0.3, -0.25) is 4.79 Å². The molecule has 0 aliphatic carbocycles. The van der Waals surface area contributed by atoms with Crippen molar-refractivity contribution >= 4 is 16.9 Å². The van der Waals surface area contributed by atoms with Gasteiger partial charge in [-0.2, -0.15) is 0 Å². The van der Waals surface area contributed by atoms with Gasteiger partial charge in [-0.1, -0.05) is 18.2 Å². The third-order valence-electron chi connectivity index (χ3n) is 4.10. The van der Waals surface area contributed by atoms with Crippen molar-refractivity contribution in [1.82, 2.24) is 19.9 Å². The van der Waals surface area contributed by atoms with Gasteiger partial charge in [0.1, 0.15) is 23.7 Å². The largest absolute Gasteiger partial charge is 0.484 e. The van der Waals surface area contributed by atoms with Gasteiger partial charge < -0.3 is 19.0 Å². The Bertz CT molecular complexity index is 1090. The molecule has 0 radical (unpaired) electrons. The first-order valence-electron chi connectivity index (χ1n) is 8.60. The Morgan fingerprint density at radius 1 is 1.21 bits per heavy atom. The number of nitrogens with one attached hydrogen (secondary N) is 1. The van der Waals surface area contributed by atoms with Crippen LogP contribution in [0.1, 0.15) is 22.2 Å². The summed E-state index contributed by atoms with van der Waals surface area (Å²) >= 11 is 0. The van der Waals surface area contributed by atoms with Crippen LogP contribution in [0.15, 0.2) is 59.2 Å². The maximum atomic E-state index is 13.2. The fourth-order valence-corrected chi connectivity index (χ4v) is 2.75. The molecular weight excluding hydrogens is 363 g/mol. The van der Waals surface area contributed by atoms with E-state index in [2.05, 4.69) is 15.0 Å². The molecule has 2 heterocycles. The van der Waals surface area contributed by atoms with Gasteiger partial charge in [-0.15, -0.1) is 0 Å². The lowest BCUT2D eigenvalue weighted by Gasteiger charge is -2.13. The van der Waals surface area contributed by atoms with Crippen LogP contribution < -0.4 is 4.74 Å². The minimum atomic E-state index is -0.395. The number of carbonyl (C=O) groups excluding carboxylic acids is 1. The smallest absolute Gasteiger partial charge is 0.275 e. The number of aromatic nitrogens is 3. The molecule has 0 saturated carbocycles. The van der Waals surface area contributed by atoms with Crippen LogP contribution in [0.2, 0.25) is 0 Å². The number of benzene rings is 2. The maximum absolute atomic E-state index is 13.2. The van der Waals surface area contributed by atoms with Crippen LogP contribution in [0.25, 0.3) is 11.0 Å². The van der Waals surface area contributed by atoms with Gasteiger partial charge in [0.2, 0.25) is 5.89 Å². The first-order chi connectivity index (χ1) is 13.6. The number of fused-ring (bicyclic) bond motifs is 1. The SMILES string of the molecule is CN(Cc1nc2ccccc2[nH]1)C(=O)c1coc(COc2cccc(F)c2)n1. The Kier molecular flexibility index (Phi) is 4.76. The minimum absolute atomic E-state index is 0.00990. The van der Waals surface area contributed by atoms with Crippen molar-refractivity contribution in [3.8, 4) is 5.75 Å². The number of aromatic amines is 1. The van der Waals surface area contributed by atoms with Gasteiger partial charge >= 0.3 is 0 Å². The summed E-state index contributed by atoms with van der Waals surface area (Å²) in [6.07, 6.45) is 1.28. The van der Waals surface area contributed by atoms with Crippen LogP contribution in [0, 0.1) is 5.82 Å². The average molecular weight is 380 g/mol. The molecule has 142 valence electrons. The Hall–Kier alpha value is -3.68. The van der Waals surface area contributed by atoms with Crippen LogP contribution in [0.5, 0.6) is 5.75 Å². The van der Waals surface area contributed by atoms with Gasteiger partial charge in [0, 0.05) is 13.1 Å². The number of halogens is 1. The van der Waals surface area contributed by atoms with E-state index in [0.29, 0.717) is 18.1 Å². The van der Waals surface area contributed by atoms with E-state index < -0.39 is 5.82 Å². The summed E-state index contributed by atoms with van der Waals surface area (Å²) in [5.41, 5.74) is 1.92. The highest BCUT2D eigenvalue weighted by Crippen LogP contribution is 2.15. The second-order valence-corrected chi connectivity index (χ2v) is 6.23. The lowest BCUT2D eigenvalue weighted by molar-refractivity contribution is 0.0776. The fraction of sp³-hybridized carbons (Fsp3) is 0.150. The van der Waals surface area contributed by atoms with E-state index in [1.807, 2.05) is 24.3 Å². The number of hydrogen-bond acceptors (Lipinski definition) is 5. The van der Waals surface area contributed by atoms with E-state index in [-0.39, 0.29) is 24.1 Å². The normalized spacial score (nSPS) is 10.9. The molecule has 0 saturated heterocycles. The molecule has 2 aromatic carbocycles. The summed E-state index contributed by atoms with van der Waals surface area (Å²) in [7, 11) is 1.66. The molecule has 0 spiro atoms.